The van der Waals surface area contributed by atoms with Gasteiger partial charge in [-0.3, -0.25) is 9.69 Å². The molecule has 3 aromatic rings. The zero-order chi connectivity index (χ0) is 21.8. The van der Waals surface area contributed by atoms with Crippen LogP contribution in [0.25, 0.3) is 11.4 Å². The molecule has 2 aliphatic heterocycles. The number of anilines is 2. The minimum atomic E-state index is 0.0661. The van der Waals surface area contributed by atoms with Crippen LogP contribution in [0.15, 0.2) is 54.9 Å². The summed E-state index contributed by atoms with van der Waals surface area (Å²) in [6.45, 7) is 3.35. The lowest BCUT2D eigenvalue weighted by atomic mass is 9.96. The van der Waals surface area contributed by atoms with Crippen molar-refractivity contribution in [3.05, 3.63) is 66.0 Å². The van der Waals surface area contributed by atoms with E-state index in [9.17, 15) is 4.79 Å². The smallest absolute Gasteiger partial charge is 0.230 e. The van der Waals surface area contributed by atoms with Crippen LogP contribution in [-0.4, -0.2) is 45.4 Å². The van der Waals surface area contributed by atoms with Crippen LogP contribution in [0.3, 0.4) is 0 Å². The molecule has 1 aromatic heterocycles. The Bertz CT molecular complexity index is 1100. The molecule has 2 atom stereocenters. The molecule has 1 amide bonds. The summed E-state index contributed by atoms with van der Waals surface area (Å²) in [7, 11) is 0. The molecule has 0 spiro atoms. The second kappa shape index (κ2) is 9.44. The molecule has 5 rings (SSSR count). The molecule has 7 heteroatoms. The van der Waals surface area contributed by atoms with Crippen LogP contribution in [0.2, 0.25) is 0 Å². The third-order valence-electron chi connectivity index (χ3n) is 6.16. The van der Waals surface area contributed by atoms with E-state index in [-0.39, 0.29) is 11.8 Å². The van der Waals surface area contributed by atoms with E-state index in [1.54, 1.807) is 6.33 Å². The fraction of sp³-hybridized carbons (Fsp3) is 0.360. The lowest BCUT2D eigenvalue weighted by Crippen LogP contribution is -2.42. The van der Waals surface area contributed by atoms with Crippen LogP contribution in [-0.2, 0) is 17.8 Å². The summed E-state index contributed by atoms with van der Waals surface area (Å²) >= 11 is 0. The van der Waals surface area contributed by atoms with Crippen molar-refractivity contribution in [2.24, 2.45) is 5.92 Å². The van der Waals surface area contributed by atoms with Crippen LogP contribution in [0.1, 0.15) is 30.4 Å². The molecule has 8 bridgehead atoms. The van der Waals surface area contributed by atoms with Crippen molar-refractivity contribution < 1.29 is 4.79 Å². The highest BCUT2D eigenvalue weighted by atomic mass is 16.1. The molecule has 3 heterocycles. The Morgan fingerprint density at radius 3 is 2.88 bits per heavy atom. The first kappa shape index (κ1) is 20.6. The molecule has 1 fully saturated rings. The fourth-order valence-electron chi connectivity index (χ4n) is 4.56. The lowest BCUT2D eigenvalue weighted by Gasteiger charge is -2.32. The van der Waals surface area contributed by atoms with Gasteiger partial charge in [-0.1, -0.05) is 30.3 Å². The van der Waals surface area contributed by atoms with E-state index in [4.69, 9.17) is 0 Å². The van der Waals surface area contributed by atoms with Crippen molar-refractivity contribution in [1.29, 1.82) is 0 Å². The Hall–Kier alpha value is -3.32. The second-order valence-electron chi connectivity index (χ2n) is 8.63. The Labute approximate surface area is 188 Å². The molecule has 2 unspecified atom stereocenters. The second-order valence-corrected chi connectivity index (χ2v) is 8.63. The van der Waals surface area contributed by atoms with Gasteiger partial charge in [0.2, 0.25) is 11.9 Å². The van der Waals surface area contributed by atoms with E-state index in [1.807, 2.05) is 24.3 Å². The third kappa shape index (κ3) is 4.94. The zero-order valence-electron chi connectivity index (χ0n) is 18.1. The van der Waals surface area contributed by atoms with E-state index in [0.717, 1.165) is 56.6 Å². The summed E-state index contributed by atoms with van der Waals surface area (Å²) in [5.74, 6) is 1.43. The predicted octanol–water partition coefficient (Wildman–Crippen LogP) is 3.56. The topological polar surface area (TPSA) is 83.0 Å². The maximum absolute atomic E-state index is 12.7. The predicted molar refractivity (Wildman–Crippen MR) is 124 cm³/mol. The average Bonchev–Trinajstić information content (AvgIpc) is 2.82. The van der Waals surface area contributed by atoms with Gasteiger partial charge in [0.15, 0.2) is 5.82 Å². The first-order chi connectivity index (χ1) is 15.7. The monoisotopic (exact) mass is 428 g/mol. The fourth-order valence-corrected chi connectivity index (χ4v) is 4.56. The molecule has 0 aliphatic carbocycles. The van der Waals surface area contributed by atoms with Gasteiger partial charge in [-0.05, 0) is 61.6 Å². The van der Waals surface area contributed by atoms with E-state index in [2.05, 4.69) is 54.8 Å². The van der Waals surface area contributed by atoms with Crippen LogP contribution in [0.5, 0.6) is 0 Å². The summed E-state index contributed by atoms with van der Waals surface area (Å²) in [4.78, 5) is 28.5. The zero-order valence-corrected chi connectivity index (χ0v) is 18.1. The molecular formula is C25H28N6O. The number of benzene rings is 2. The molecule has 2 aromatic carbocycles. The van der Waals surface area contributed by atoms with Crippen molar-refractivity contribution >= 4 is 17.5 Å². The van der Waals surface area contributed by atoms with Gasteiger partial charge < -0.3 is 10.6 Å². The minimum absolute atomic E-state index is 0.0661. The van der Waals surface area contributed by atoms with Gasteiger partial charge in [0.05, 0.1) is 5.92 Å². The van der Waals surface area contributed by atoms with Crippen molar-refractivity contribution in [2.75, 3.05) is 25.0 Å². The highest BCUT2D eigenvalue weighted by molar-refractivity contribution is 5.79. The quantitative estimate of drug-likeness (QED) is 0.570. The van der Waals surface area contributed by atoms with E-state index >= 15 is 0 Å². The number of aromatic nitrogens is 3. The van der Waals surface area contributed by atoms with Crippen molar-refractivity contribution in [2.45, 2.75) is 32.2 Å². The number of carbonyl (C=O) groups is 1. The molecule has 7 nitrogen and oxygen atoms in total. The number of nitrogens with one attached hydrogen (secondary N) is 2. The van der Waals surface area contributed by atoms with Gasteiger partial charge >= 0.3 is 0 Å². The van der Waals surface area contributed by atoms with Crippen molar-refractivity contribution in [1.82, 2.24) is 25.2 Å². The first-order valence-electron chi connectivity index (χ1n) is 11.4. The van der Waals surface area contributed by atoms with Gasteiger partial charge in [-0.2, -0.15) is 4.98 Å². The van der Waals surface area contributed by atoms with Gasteiger partial charge in [-0.15, -0.1) is 0 Å². The van der Waals surface area contributed by atoms with Crippen LogP contribution >= 0.6 is 0 Å². The van der Waals surface area contributed by atoms with E-state index < -0.39 is 0 Å². The van der Waals surface area contributed by atoms with Crippen LogP contribution in [0, 0.1) is 5.92 Å². The number of nitrogens with zero attached hydrogens (tertiary/aromatic N) is 4. The van der Waals surface area contributed by atoms with E-state index in [0.29, 0.717) is 18.3 Å². The molecule has 164 valence electrons. The summed E-state index contributed by atoms with van der Waals surface area (Å²) in [6, 6.07) is 16.6. The van der Waals surface area contributed by atoms with Crippen molar-refractivity contribution in [3.63, 3.8) is 0 Å². The number of rotatable bonds is 0. The normalized spacial score (nSPS) is 21.3. The maximum Gasteiger partial charge on any atom is 0.230 e. The molecule has 2 N–H and O–H groups in total. The summed E-state index contributed by atoms with van der Waals surface area (Å²) in [5, 5.41) is 6.49. The summed E-state index contributed by atoms with van der Waals surface area (Å²) in [5.41, 5.74) is 4.32. The number of hydrogen-bond donors (Lipinski definition) is 2. The van der Waals surface area contributed by atoms with Gasteiger partial charge in [0.1, 0.15) is 6.33 Å². The maximum atomic E-state index is 12.7. The van der Waals surface area contributed by atoms with Gasteiger partial charge in [0.25, 0.3) is 0 Å². The SMILES string of the molecule is O=C1NCCCc2cccc(c2)-c2ncnc(n2)Nc2cccc(c2)CN2CCCC1C2. The third-order valence-corrected chi connectivity index (χ3v) is 6.16. The number of amides is 1. The Balaban J connectivity index is 1.45. The lowest BCUT2D eigenvalue weighted by molar-refractivity contribution is -0.126. The van der Waals surface area contributed by atoms with Crippen molar-refractivity contribution in [3.8, 4) is 11.4 Å². The minimum Gasteiger partial charge on any atom is -0.356 e. The summed E-state index contributed by atoms with van der Waals surface area (Å²) in [6.07, 6.45) is 5.36. The first-order valence-corrected chi connectivity index (χ1v) is 11.4. The standard InChI is InChI=1S/C25H28N6O/c32-24-21-9-4-12-31(16-21)15-19-6-2-10-22(14-19)29-25-28-17-27-23(30-25)20-8-1-5-18(13-20)7-3-11-26-24/h1-2,5-6,8,10,13-14,17,21H,3-4,7,9,11-12,15-16H2,(H,26,32)(H,27,28,29,30). The molecule has 1 saturated heterocycles. The highest BCUT2D eigenvalue weighted by Gasteiger charge is 2.25. The number of hydrogen-bond acceptors (Lipinski definition) is 6. The summed E-state index contributed by atoms with van der Waals surface area (Å²) < 4.78 is 0. The van der Waals surface area contributed by atoms with Gasteiger partial charge in [-0.25, -0.2) is 9.97 Å². The Morgan fingerprint density at radius 2 is 1.91 bits per heavy atom. The number of aryl methyl sites for hydroxylation is 1. The molecular weight excluding hydrogens is 400 g/mol. The highest BCUT2D eigenvalue weighted by Crippen LogP contribution is 2.23. The Kier molecular flexibility index (Phi) is 6.07. The Morgan fingerprint density at radius 1 is 1.00 bits per heavy atom. The largest absolute Gasteiger partial charge is 0.356 e. The molecule has 0 saturated carbocycles. The molecule has 0 radical (unpaired) electrons. The molecule has 2 aliphatic rings. The molecule has 32 heavy (non-hydrogen) atoms. The van der Waals surface area contributed by atoms with Crippen LogP contribution < -0.4 is 10.6 Å². The van der Waals surface area contributed by atoms with Gasteiger partial charge in [0, 0.05) is 30.9 Å². The number of fused-ring (bicyclic) bond motifs is 9. The van der Waals surface area contributed by atoms with Crippen LogP contribution in [0.4, 0.5) is 11.6 Å². The number of piperidine rings is 1. The average molecular weight is 429 g/mol. The number of carbonyl (C=O) groups excluding carboxylic acids is 1. The van der Waals surface area contributed by atoms with E-state index in [1.165, 1.54) is 11.1 Å².